The summed E-state index contributed by atoms with van der Waals surface area (Å²) in [5.74, 6) is -0.467. The topological polar surface area (TPSA) is 48.1 Å². The van der Waals surface area contributed by atoms with Gasteiger partial charge < -0.3 is 10.5 Å². The van der Waals surface area contributed by atoms with Gasteiger partial charge in [-0.05, 0) is 24.3 Å². The SMILES string of the molecule is Nc1cc(Br)ccc1Oc1ncc(Cl)cc1F. The van der Waals surface area contributed by atoms with Gasteiger partial charge in [-0.2, -0.15) is 0 Å². The molecule has 0 radical (unpaired) electrons. The molecule has 3 nitrogen and oxygen atoms in total. The number of pyridine rings is 1. The summed E-state index contributed by atoms with van der Waals surface area (Å²) in [6.07, 6.45) is 1.30. The van der Waals surface area contributed by atoms with Gasteiger partial charge in [0, 0.05) is 10.7 Å². The average molecular weight is 318 g/mol. The summed E-state index contributed by atoms with van der Waals surface area (Å²) < 4.78 is 19.5. The van der Waals surface area contributed by atoms with E-state index in [1.807, 2.05) is 0 Å². The molecule has 6 heteroatoms. The molecule has 0 aliphatic rings. The molecule has 2 rings (SSSR count). The number of anilines is 1. The van der Waals surface area contributed by atoms with Crippen molar-refractivity contribution >= 4 is 33.2 Å². The molecule has 1 heterocycles. The van der Waals surface area contributed by atoms with E-state index >= 15 is 0 Å². The number of benzene rings is 1. The van der Waals surface area contributed by atoms with Crippen LogP contribution in [0.15, 0.2) is 34.9 Å². The quantitative estimate of drug-likeness (QED) is 0.851. The molecule has 0 atom stereocenters. The van der Waals surface area contributed by atoms with Crippen LogP contribution in [0.25, 0.3) is 0 Å². The standard InChI is InChI=1S/C11H7BrClFN2O/c12-6-1-2-10(9(15)3-6)17-11-8(14)4-7(13)5-16-11/h1-5H,15H2. The Balaban J connectivity index is 2.31. The third kappa shape index (κ3) is 2.87. The van der Waals surface area contributed by atoms with Crippen LogP contribution in [0.5, 0.6) is 11.6 Å². The Morgan fingerprint density at radius 2 is 2.12 bits per heavy atom. The second kappa shape index (κ2) is 4.89. The largest absolute Gasteiger partial charge is 0.434 e. The molecular weight excluding hydrogens is 310 g/mol. The maximum Gasteiger partial charge on any atom is 0.256 e. The number of nitrogens with zero attached hydrogens (tertiary/aromatic N) is 1. The summed E-state index contributed by atoms with van der Waals surface area (Å²) in [6.45, 7) is 0. The third-order valence-electron chi connectivity index (χ3n) is 1.95. The first-order chi connectivity index (χ1) is 8.06. The van der Waals surface area contributed by atoms with E-state index in [1.54, 1.807) is 18.2 Å². The molecule has 0 aliphatic carbocycles. The van der Waals surface area contributed by atoms with Crippen LogP contribution in [0.3, 0.4) is 0 Å². The average Bonchev–Trinajstić information content (AvgIpc) is 2.25. The molecule has 2 aromatic rings. The Bertz CT molecular complexity index is 516. The number of nitrogen functional groups attached to an aromatic ring is 1. The van der Waals surface area contributed by atoms with Crippen molar-refractivity contribution in [3.8, 4) is 11.6 Å². The molecule has 0 fully saturated rings. The van der Waals surface area contributed by atoms with E-state index in [4.69, 9.17) is 22.1 Å². The van der Waals surface area contributed by atoms with E-state index in [1.165, 1.54) is 6.20 Å². The number of aromatic nitrogens is 1. The number of rotatable bonds is 2. The molecule has 1 aromatic heterocycles. The predicted octanol–water partition coefficient (Wildman–Crippen LogP) is 4.01. The summed E-state index contributed by atoms with van der Waals surface area (Å²) in [5.41, 5.74) is 6.10. The fraction of sp³-hybridized carbons (Fsp3) is 0. The molecule has 0 amide bonds. The molecule has 0 unspecified atom stereocenters. The summed E-state index contributed by atoms with van der Waals surface area (Å²) in [7, 11) is 0. The second-order valence-corrected chi connectivity index (χ2v) is 4.58. The summed E-state index contributed by atoms with van der Waals surface area (Å²) in [4.78, 5) is 3.74. The van der Waals surface area contributed by atoms with Crippen LogP contribution in [0.2, 0.25) is 5.02 Å². The third-order valence-corrected chi connectivity index (χ3v) is 2.65. The van der Waals surface area contributed by atoms with E-state index < -0.39 is 5.82 Å². The molecule has 0 saturated heterocycles. The van der Waals surface area contributed by atoms with Crippen molar-refractivity contribution in [2.45, 2.75) is 0 Å². The molecule has 0 saturated carbocycles. The Morgan fingerprint density at radius 1 is 1.35 bits per heavy atom. The van der Waals surface area contributed by atoms with Crippen LogP contribution in [-0.2, 0) is 0 Å². The molecule has 1 aromatic carbocycles. The van der Waals surface area contributed by atoms with Gasteiger partial charge in [-0.15, -0.1) is 0 Å². The maximum atomic E-state index is 13.4. The van der Waals surface area contributed by atoms with Gasteiger partial charge in [0.25, 0.3) is 5.88 Å². The Kier molecular flexibility index (Phi) is 3.49. The highest BCUT2D eigenvalue weighted by molar-refractivity contribution is 9.10. The van der Waals surface area contributed by atoms with Crippen molar-refractivity contribution in [2.24, 2.45) is 0 Å². The molecule has 2 N–H and O–H groups in total. The van der Waals surface area contributed by atoms with Gasteiger partial charge in [0.2, 0.25) is 0 Å². The van der Waals surface area contributed by atoms with Crippen LogP contribution >= 0.6 is 27.5 Å². The lowest BCUT2D eigenvalue weighted by molar-refractivity contribution is 0.424. The zero-order chi connectivity index (χ0) is 12.4. The van der Waals surface area contributed by atoms with Crippen LogP contribution in [-0.4, -0.2) is 4.98 Å². The van der Waals surface area contributed by atoms with Crippen molar-refractivity contribution in [3.63, 3.8) is 0 Å². The summed E-state index contributed by atoms with van der Waals surface area (Å²) >= 11 is 8.85. The number of ether oxygens (including phenoxy) is 1. The first kappa shape index (κ1) is 12.1. The van der Waals surface area contributed by atoms with Crippen molar-refractivity contribution in [2.75, 3.05) is 5.73 Å². The van der Waals surface area contributed by atoms with E-state index in [0.717, 1.165) is 10.5 Å². The highest BCUT2D eigenvalue weighted by Crippen LogP contribution is 2.30. The van der Waals surface area contributed by atoms with Gasteiger partial charge in [-0.1, -0.05) is 27.5 Å². The number of nitrogens with two attached hydrogens (primary N) is 1. The Morgan fingerprint density at radius 3 is 2.76 bits per heavy atom. The fourth-order valence-corrected chi connectivity index (χ4v) is 1.72. The van der Waals surface area contributed by atoms with Gasteiger partial charge in [-0.3, -0.25) is 0 Å². The van der Waals surface area contributed by atoms with Crippen LogP contribution in [0.4, 0.5) is 10.1 Å². The molecule has 0 bridgehead atoms. The van der Waals surface area contributed by atoms with E-state index in [0.29, 0.717) is 11.4 Å². The normalized spacial score (nSPS) is 10.3. The monoisotopic (exact) mass is 316 g/mol. The molecule has 88 valence electrons. The van der Waals surface area contributed by atoms with Crippen LogP contribution < -0.4 is 10.5 Å². The Labute approximate surface area is 110 Å². The van der Waals surface area contributed by atoms with Gasteiger partial charge in [0.15, 0.2) is 11.6 Å². The minimum Gasteiger partial charge on any atom is -0.434 e. The molecule has 0 aliphatic heterocycles. The van der Waals surface area contributed by atoms with E-state index in [9.17, 15) is 4.39 Å². The Hall–Kier alpha value is -1.33. The number of halogens is 3. The zero-order valence-corrected chi connectivity index (χ0v) is 10.8. The minimum absolute atomic E-state index is 0.163. The maximum absolute atomic E-state index is 13.4. The summed E-state index contributed by atoms with van der Waals surface area (Å²) in [5, 5.41) is 0.207. The highest BCUT2D eigenvalue weighted by Gasteiger charge is 2.09. The van der Waals surface area contributed by atoms with Gasteiger partial charge >= 0.3 is 0 Å². The molecule has 17 heavy (non-hydrogen) atoms. The lowest BCUT2D eigenvalue weighted by atomic mass is 10.3. The highest BCUT2D eigenvalue weighted by atomic mass is 79.9. The van der Waals surface area contributed by atoms with Gasteiger partial charge in [0.1, 0.15) is 0 Å². The van der Waals surface area contributed by atoms with Crippen molar-refractivity contribution in [1.82, 2.24) is 4.98 Å². The second-order valence-electron chi connectivity index (χ2n) is 3.22. The van der Waals surface area contributed by atoms with Gasteiger partial charge in [0.05, 0.1) is 10.7 Å². The van der Waals surface area contributed by atoms with Crippen LogP contribution in [0.1, 0.15) is 0 Å². The first-order valence-corrected chi connectivity index (χ1v) is 5.77. The zero-order valence-electron chi connectivity index (χ0n) is 8.45. The lowest BCUT2D eigenvalue weighted by Crippen LogP contribution is -1.95. The van der Waals surface area contributed by atoms with E-state index in [-0.39, 0.29) is 10.9 Å². The van der Waals surface area contributed by atoms with Crippen LogP contribution in [0, 0.1) is 5.82 Å². The predicted molar refractivity (Wildman–Crippen MR) is 67.8 cm³/mol. The smallest absolute Gasteiger partial charge is 0.256 e. The van der Waals surface area contributed by atoms with Crippen molar-refractivity contribution in [3.05, 3.63) is 45.8 Å². The number of hydrogen-bond acceptors (Lipinski definition) is 3. The molecule has 0 spiro atoms. The van der Waals surface area contributed by atoms with Crippen molar-refractivity contribution in [1.29, 1.82) is 0 Å². The lowest BCUT2D eigenvalue weighted by Gasteiger charge is -2.08. The van der Waals surface area contributed by atoms with E-state index in [2.05, 4.69) is 20.9 Å². The molecular formula is C11H7BrClFN2O. The van der Waals surface area contributed by atoms with Crippen molar-refractivity contribution < 1.29 is 9.13 Å². The first-order valence-electron chi connectivity index (χ1n) is 4.60. The fourth-order valence-electron chi connectivity index (χ4n) is 1.19. The summed E-state index contributed by atoms with van der Waals surface area (Å²) in [6, 6.07) is 6.14. The van der Waals surface area contributed by atoms with Gasteiger partial charge in [-0.25, -0.2) is 9.37 Å². The number of hydrogen-bond donors (Lipinski definition) is 1. The minimum atomic E-state index is -0.639.